The summed E-state index contributed by atoms with van der Waals surface area (Å²) in [7, 11) is -4.17. The standard InChI is InChI=1S/C32H40ClN3O4S/c1-8-28(31(38)34-32(5,6)7)35(20-25-16-12-22(2)13-17-25)30(37)21-36(29-11-9-10-27(33)24(29)4)41(39,40)26-18-14-23(3)15-19-26/h9-19,28H,8,20-21H2,1-7H3,(H,34,38)/t28-/m0/s1. The van der Waals surface area contributed by atoms with E-state index in [0.29, 0.717) is 22.7 Å². The quantitative estimate of drug-likeness (QED) is 0.302. The first-order chi connectivity index (χ1) is 19.1. The van der Waals surface area contributed by atoms with E-state index in [1.807, 2.05) is 65.8 Å². The van der Waals surface area contributed by atoms with E-state index in [1.54, 1.807) is 37.3 Å². The Morgan fingerprint density at radius 1 is 0.902 bits per heavy atom. The fourth-order valence-corrected chi connectivity index (χ4v) is 6.12. The van der Waals surface area contributed by atoms with Crippen molar-refractivity contribution in [2.45, 2.75) is 77.9 Å². The molecule has 220 valence electrons. The van der Waals surface area contributed by atoms with Crippen molar-refractivity contribution < 1.29 is 18.0 Å². The molecular formula is C32H40ClN3O4S. The molecule has 1 atom stereocenters. The third kappa shape index (κ3) is 8.11. The first kappa shape index (κ1) is 32.2. The van der Waals surface area contributed by atoms with E-state index < -0.39 is 34.1 Å². The highest BCUT2D eigenvalue weighted by molar-refractivity contribution is 7.92. The van der Waals surface area contributed by atoms with E-state index in [-0.39, 0.29) is 17.3 Å². The Labute approximate surface area is 249 Å². The van der Waals surface area contributed by atoms with Crippen molar-refractivity contribution >= 4 is 39.1 Å². The molecule has 0 bridgehead atoms. The molecule has 0 fully saturated rings. The molecule has 0 aliphatic heterocycles. The maximum atomic E-state index is 14.2. The van der Waals surface area contributed by atoms with Gasteiger partial charge in [0.25, 0.3) is 10.0 Å². The molecule has 1 N–H and O–H groups in total. The minimum absolute atomic E-state index is 0.0536. The van der Waals surface area contributed by atoms with Gasteiger partial charge in [0.05, 0.1) is 10.6 Å². The number of carbonyl (C=O) groups excluding carboxylic acids is 2. The SMILES string of the molecule is CC[C@@H](C(=O)NC(C)(C)C)N(Cc1ccc(C)cc1)C(=O)CN(c1cccc(Cl)c1C)S(=O)(=O)c1ccc(C)cc1. The van der Waals surface area contributed by atoms with Gasteiger partial charge < -0.3 is 10.2 Å². The van der Waals surface area contributed by atoms with Gasteiger partial charge in [-0.25, -0.2) is 8.42 Å². The third-order valence-electron chi connectivity index (χ3n) is 6.75. The number of rotatable bonds is 10. The fourth-order valence-electron chi connectivity index (χ4n) is 4.48. The van der Waals surface area contributed by atoms with Crippen LogP contribution in [-0.4, -0.2) is 43.3 Å². The number of hydrogen-bond donors (Lipinski definition) is 1. The highest BCUT2D eigenvalue weighted by atomic mass is 35.5. The zero-order chi connectivity index (χ0) is 30.5. The van der Waals surface area contributed by atoms with Gasteiger partial charge in [-0.2, -0.15) is 0 Å². The summed E-state index contributed by atoms with van der Waals surface area (Å²) in [5, 5.41) is 3.36. The maximum Gasteiger partial charge on any atom is 0.264 e. The molecule has 0 aliphatic rings. The molecule has 3 rings (SSSR count). The minimum Gasteiger partial charge on any atom is -0.350 e. The summed E-state index contributed by atoms with van der Waals surface area (Å²) >= 11 is 6.40. The lowest BCUT2D eigenvalue weighted by Gasteiger charge is -2.35. The van der Waals surface area contributed by atoms with E-state index in [4.69, 9.17) is 11.6 Å². The van der Waals surface area contributed by atoms with Crippen LogP contribution in [0, 0.1) is 20.8 Å². The number of halogens is 1. The molecule has 0 saturated carbocycles. The van der Waals surface area contributed by atoms with Gasteiger partial charge in [-0.3, -0.25) is 13.9 Å². The van der Waals surface area contributed by atoms with E-state index in [0.717, 1.165) is 21.0 Å². The molecule has 9 heteroatoms. The number of anilines is 1. The first-order valence-electron chi connectivity index (χ1n) is 13.7. The summed E-state index contributed by atoms with van der Waals surface area (Å²) in [5.41, 5.74) is 3.12. The molecule has 41 heavy (non-hydrogen) atoms. The van der Waals surface area contributed by atoms with Crippen LogP contribution in [0.3, 0.4) is 0 Å². The van der Waals surface area contributed by atoms with E-state index >= 15 is 0 Å². The van der Waals surface area contributed by atoms with Crippen LogP contribution in [0.25, 0.3) is 0 Å². The Kier molecular flexibility index (Phi) is 10.3. The zero-order valence-electron chi connectivity index (χ0n) is 24.9. The molecular weight excluding hydrogens is 558 g/mol. The van der Waals surface area contributed by atoms with Gasteiger partial charge in [-0.15, -0.1) is 0 Å². The molecule has 3 aromatic rings. The second-order valence-corrected chi connectivity index (χ2v) is 13.6. The Morgan fingerprint density at radius 2 is 1.46 bits per heavy atom. The van der Waals surface area contributed by atoms with Gasteiger partial charge in [0.1, 0.15) is 12.6 Å². The van der Waals surface area contributed by atoms with Crippen molar-refractivity contribution in [3.8, 4) is 0 Å². The molecule has 2 amide bonds. The lowest BCUT2D eigenvalue weighted by Crippen LogP contribution is -2.55. The van der Waals surface area contributed by atoms with Crippen molar-refractivity contribution in [3.63, 3.8) is 0 Å². The third-order valence-corrected chi connectivity index (χ3v) is 8.94. The smallest absolute Gasteiger partial charge is 0.264 e. The number of nitrogens with zero attached hydrogens (tertiary/aromatic N) is 2. The van der Waals surface area contributed by atoms with Crippen molar-refractivity contribution in [2.24, 2.45) is 0 Å². The van der Waals surface area contributed by atoms with Crippen LogP contribution in [0.2, 0.25) is 5.02 Å². The average Bonchev–Trinajstić information content (AvgIpc) is 2.89. The number of sulfonamides is 1. The Balaban J connectivity index is 2.11. The van der Waals surface area contributed by atoms with Crippen LogP contribution in [-0.2, 0) is 26.2 Å². The van der Waals surface area contributed by atoms with Gasteiger partial charge in [-0.1, -0.05) is 72.1 Å². The molecule has 0 unspecified atom stereocenters. The van der Waals surface area contributed by atoms with E-state index in [1.165, 1.54) is 17.0 Å². The normalized spacial score (nSPS) is 12.5. The van der Waals surface area contributed by atoms with Gasteiger partial charge in [-0.05, 0) is 83.4 Å². The Morgan fingerprint density at radius 3 is 2.00 bits per heavy atom. The minimum atomic E-state index is -4.17. The van der Waals surface area contributed by atoms with Crippen molar-refractivity contribution in [2.75, 3.05) is 10.8 Å². The van der Waals surface area contributed by atoms with E-state index in [9.17, 15) is 18.0 Å². The van der Waals surface area contributed by atoms with Crippen LogP contribution < -0.4 is 9.62 Å². The summed E-state index contributed by atoms with van der Waals surface area (Å²) in [6, 6.07) is 18.3. The van der Waals surface area contributed by atoms with Crippen LogP contribution in [0.15, 0.2) is 71.6 Å². The lowest BCUT2D eigenvalue weighted by atomic mass is 10.1. The predicted octanol–water partition coefficient (Wildman–Crippen LogP) is 6.18. The molecule has 0 aromatic heterocycles. The lowest BCUT2D eigenvalue weighted by molar-refractivity contribution is -0.141. The summed E-state index contributed by atoms with van der Waals surface area (Å²) in [6.45, 7) is 12.7. The van der Waals surface area contributed by atoms with E-state index in [2.05, 4.69) is 5.32 Å². The average molecular weight is 598 g/mol. The number of aryl methyl sites for hydroxylation is 2. The van der Waals surface area contributed by atoms with Crippen molar-refractivity contribution in [1.29, 1.82) is 0 Å². The Hall–Kier alpha value is -3.36. The summed E-state index contributed by atoms with van der Waals surface area (Å²) in [4.78, 5) is 29.2. The van der Waals surface area contributed by atoms with Crippen molar-refractivity contribution in [1.82, 2.24) is 10.2 Å². The molecule has 7 nitrogen and oxygen atoms in total. The van der Waals surface area contributed by atoms with Crippen LogP contribution in [0.4, 0.5) is 5.69 Å². The number of amides is 2. The fraction of sp³-hybridized carbons (Fsp3) is 0.375. The number of hydrogen-bond acceptors (Lipinski definition) is 4. The second kappa shape index (κ2) is 13.1. The highest BCUT2D eigenvalue weighted by Gasteiger charge is 2.35. The van der Waals surface area contributed by atoms with Gasteiger partial charge >= 0.3 is 0 Å². The maximum absolute atomic E-state index is 14.2. The van der Waals surface area contributed by atoms with Gasteiger partial charge in [0, 0.05) is 17.1 Å². The zero-order valence-corrected chi connectivity index (χ0v) is 26.4. The summed E-state index contributed by atoms with van der Waals surface area (Å²) < 4.78 is 29.2. The molecule has 0 saturated heterocycles. The monoisotopic (exact) mass is 597 g/mol. The molecule has 3 aromatic carbocycles. The topological polar surface area (TPSA) is 86.8 Å². The van der Waals surface area contributed by atoms with Crippen LogP contribution in [0.5, 0.6) is 0 Å². The van der Waals surface area contributed by atoms with Crippen LogP contribution >= 0.6 is 11.6 Å². The number of carbonyl (C=O) groups is 2. The summed E-state index contributed by atoms with van der Waals surface area (Å²) in [5.74, 6) is -0.802. The molecule has 0 aliphatic carbocycles. The highest BCUT2D eigenvalue weighted by Crippen LogP contribution is 2.31. The van der Waals surface area contributed by atoms with Gasteiger partial charge in [0.2, 0.25) is 11.8 Å². The molecule has 0 radical (unpaired) electrons. The largest absolute Gasteiger partial charge is 0.350 e. The second-order valence-electron chi connectivity index (χ2n) is 11.4. The number of nitrogens with one attached hydrogen (secondary N) is 1. The molecule has 0 spiro atoms. The summed E-state index contributed by atoms with van der Waals surface area (Å²) in [6.07, 6.45) is 0.348. The van der Waals surface area contributed by atoms with Gasteiger partial charge in [0.15, 0.2) is 0 Å². The predicted molar refractivity (Wildman–Crippen MR) is 166 cm³/mol. The van der Waals surface area contributed by atoms with Crippen molar-refractivity contribution in [3.05, 3.63) is 94.0 Å². The molecule has 0 heterocycles. The Bertz CT molecular complexity index is 1480. The van der Waals surface area contributed by atoms with Crippen LogP contribution in [0.1, 0.15) is 56.4 Å². The first-order valence-corrected chi connectivity index (χ1v) is 15.5. The number of benzene rings is 3.